The number of aliphatic hydroxyl groups excluding tert-OH is 1. The molecule has 0 fully saturated rings. The molecule has 100 valence electrons. The average molecular weight is 292 g/mol. The number of carbonyl (C=O) groups is 4. The van der Waals surface area contributed by atoms with Gasteiger partial charge in [-0.3, -0.25) is 4.79 Å². The van der Waals surface area contributed by atoms with Crippen molar-refractivity contribution < 1.29 is 47.6 Å². The van der Waals surface area contributed by atoms with Gasteiger partial charge in [-0.2, -0.15) is 0 Å². The Morgan fingerprint density at radius 3 is 1.39 bits per heavy atom. The molecule has 0 aromatic heterocycles. The Hall–Kier alpha value is -1.16. The summed E-state index contributed by atoms with van der Waals surface area (Å²) in [6.45, 7) is 0. The third-order valence-corrected chi connectivity index (χ3v) is 1.02. The Balaban J connectivity index is -0.0000000655. The summed E-state index contributed by atoms with van der Waals surface area (Å²) in [5.41, 5.74) is 0. The normalized spacial score (nSPS) is 10.5. The van der Waals surface area contributed by atoms with Gasteiger partial charge in [0.05, 0.1) is 6.42 Å². The third-order valence-electron chi connectivity index (χ3n) is 1.02. The molecule has 0 aliphatic rings. The van der Waals surface area contributed by atoms with Crippen molar-refractivity contribution in [3.63, 3.8) is 0 Å². The molecule has 0 aromatic carbocycles. The third kappa shape index (κ3) is 20.3. The molecule has 0 aliphatic carbocycles. The van der Waals surface area contributed by atoms with Crippen LogP contribution in [0.3, 0.4) is 0 Å². The van der Waals surface area contributed by atoms with Crippen LogP contribution in [-0.4, -0.2) is 93.3 Å². The fourth-order valence-electron chi connectivity index (χ4n) is 0.395. The van der Waals surface area contributed by atoms with Crippen molar-refractivity contribution in [2.24, 2.45) is 0 Å². The van der Waals surface area contributed by atoms with Crippen molar-refractivity contribution >= 4 is 61.6 Å². The van der Waals surface area contributed by atoms with E-state index in [0.717, 1.165) is 0 Å². The van der Waals surface area contributed by atoms with Crippen molar-refractivity contribution in [3.05, 3.63) is 12.2 Å². The summed E-state index contributed by atoms with van der Waals surface area (Å²) in [5.74, 6) is -5.36. The molecule has 0 saturated carbocycles. The SMILES string of the molecule is O=C(O)/C=C/C(=O)O.O=C(O)CC(O)C(=O)O.[Ca+2].[H-].[H-]. The molecule has 0 aromatic rings. The fourth-order valence-corrected chi connectivity index (χ4v) is 0.395. The van der Waals surface area contributed by atoms with Gasteiger partial charge in [0.2, 0.25) is 0 Å². The van der Waals surface area contributed by atoms with E-state index < -0.39 is 36.4 Å². The van der Waals surface area contributed by atoms with Crippen LogP contribution in [0, 0.1) is 0 Å². The first-order chi connectivity index (χ1) is 7.66. The van der Waals surface area contributed by atoms with Gasteiger partial charge in [0.25, 0.3) is 0 Å². The Bertz CT molecular complexity index is 329. The number of rotatable bonds is 5. The number of hydrogen-bond acceptors (Lipinski definition) is 5. The maximum atomic E-state index is 9.72. The maximum absolute atomic E-state index is 9.72. The summed E-state index contributed by atoms with van der Waals surface area (Å²) in [4.78, 5) is 38.5. The maximum Gasteiger partial charge on any atom is 2.00 e. The van der Waals surface area contributed by atoms with Gasteiger partial charge in [0, 0.05) is 12.2 Å². The summed E-state index contributed by atoms with van der Waals surface area (Å²) in [5, 5.41) is 39.8. The molecular formula is C8H12CaO9. The zero-order valence-corrected chi connectivity index (χ0v) is 11.2. The number of aliphatic carboxylic acids is 4. The Morgan fingerprint density at radius 1 is 0.944 bits per heavy atom. The number of carboxylic acids is 4. The van der Waals surface area contributed by atoms with Gasteiger partial charge in [0.1, 0.15) is 0 Å². The van der Waals surface area contributed by atoms with Gasteiger partial charge < -0.3 is 28.4 Å². The molecule has 0 heterocycles. The zero-order valence-electron chi connectivity index (χ0n) is 11.0. The summed E-state index contributed by atoms with van der Waals surface area (Å²) in [7, 11) is 0. The molecule has 0 radical (unpaired) electrons. The molecule has 1 unspecified atom stereocenters. The second-order valence-corrected chi connectivity index (χ2v) is 2.46. The van der Waals surface area contributed by atoms with E-state index >= 15 is 0 Å². The minimum atomic E-state index is -1.79. The molecule has 18 heavy (non-hydrogen) atoms. The van der Waals surface area contributed by atoms with Crippen LogP contribution in [0.1, 0.15) is 9.27 Å². The van der Waals surface area contributed by atoms with Crippen LogP contribution in [0.15, 0.2) is 12.2 Å². The van der Waals surface area contributed by atoms with Gasteiger partial charge >= 0.3 is 61.6 Å². The zero-order chi connectivity index (χ0) is 14.0. The van der Waals surface area contributed by atoms with E-state index in [2.05, 4.69) is 0 Å². The van der Waals surface area contributed by atoms with Gasteiger partial charge in [-0.25, -0.2) is 14.4 Å². The van der Waals surface area contributed by atoms with Crippen molar-refractivity contribution in [3.8, 4) is 0 Å². The molecule has 0 amide bonds. The van der Waals surface area contributed by atoms with E-state index in [-0.39, 0.29) is 40.6 Å². The smallest absolute Gasteiger partial charge is 1.00 e. The molecule has 9 nitrogen and oxygen atoms in total. The largest absolute Gasteiger partial charge is 2.00 e. The second-order valence-electron chi connectivity index (χ2n) is 2.46. The molecular weight excluding hydrogens is 280 g/mol. The van der Waals surface area contributed by atoms with Crippen LogP contribution in [0.25, 0.3) is 0 Å². The van der Waals surface area contributed by atoms with Crippen LogP contribution in [0.2, 0.25) is 0 Å². The first-order valence-electron chi connectivity index (χ1n) is 3.93. The molecule has 1 atom stereocenters. The van der Waals surface area contributed by atoms with Gasteiger partial charge in [0.15, 0.2) is 6.10 Å². The van der Waals surface area contributed by atoms with Crippen LogP contribution < -0.4 is 0 Å². The summed E-state index contributed by atoms with van der Waals surface area (Å²) in [6, 6.07) is 0. The summed E-state index contributed by atoms with van der Waals surface area (Å²) in [6.07, 6.45) is -1.43. The van der Waals surface area contributed by atoms with E-state index in [1.807, 2.05) is 0 Å². The summed E-state index contributed by atoms with van der Waals surface area (Å²) >= 11 is 0. The standard InChI is InChI=1S/C4H6O5.C4H4O4.Ca.2H/c5-2(4(8)9)1-3(6)7;5-3(6)1-2-4(7)8;;;/h2,5H,1H2,(H,6,7)(H,8,9);1-2H,(H,5,6)(H,7,8);;;/q;;+2;2*-1/b;2-1+;;;. The second kappa shape index (κ2) is 12.3. The Morgan fingerprint density at radius 2 is 1.28 bits per heavy atom. The van der Waals surface area contributed by atoms with Crippen molar-refractivity contribution in [1.82, 2.24) is 0 Å². The topological polar surface area (TPSA) is 169 Å². The van der Waals surface area contributed by atoms with Gasteiger partial charge in [-0.05, 0) is 0 Å². The van der Waals surface area contributed by atoms with Crippen LogP contribution >= 0.6 is 0 Å². The molecule has 0 bridgehead atoms. The summed E-state index contributed by atoms with van der Waals surface area (Å²) < 4.78 is 0. The van der Waals surface area contributed by atoms with Crippen molar-refractivity contribution in [2.75, 3.05) is 0 Å². The van der Waals surface area contributed by atoms with E-state index in [9.17, 15) is 19.2 Å². The predicted molar refractivity (Wildman–Crippen MR) is 58.3 cm³/mol. The van der Waals surface area contributed by atoms with E-state index in [0.29, 0.717) is 12.2 Å². The van der Waals surface area contributed by atoms with Crippen molar-refractivity contribution in [2.45, 2.75) is 12.5 Å². The molecule has 0 spiro atoms. The Kier molecular flexibility index (Phi) is 15.1. The monoisotopic (exact) mass is 292 g/mol. The van der Waals surface area contributed by atoms with E-state index in [1.54, 1.807) is 0 Å². The number of hydrogen-bond donors (Lipinski definition) is 5. The average Bonchev–Trinajstić information content (AvgIpc) is 2.14. The number of carboxylic acid groups (broad SMARTS) is 4. The molecule has 5 N–H and O–H groups in total. The molecule has 0 rings (SSSR count). The van der Waals surface area contributed by atoms with Crippen LogP contribution in [0.4, 0.5) is 0 Å². The van der Waals surface area contributed by atoms with Crippen LogP contribution in [-0.2, 0) is 19.2 Å². The first kappa shape index (κ1) is 22.1. The van der Waals surface area contributed by atoms with Crippen LogP contribution in [0.5, 0.6) is 0 Å². The Labute approximate surface area is 133 Å². The van der Waals surface area contributed by atoms with Crippen molar-refractivity contribution in [1.29, 1.82) is 0 Å². The van der Waals surface area contributed by atoms with Gasteiger partial charge in [-0.1, -0.05) is 0 Å². The fraction of sp³-hybridized carbons (Fsp3) is 0.250. The van der Waals surface area contributed by atoms with E-state index in [4.69, 9.17) is 25.5 Å². The quantitative estimate of drug-likeness (QED) is 0.297. The predicted octanol–water partition coefficient (Wildman–Crippen LogP) is -1.54. The minimum absolute atomic E-state index is 0. The molecule has 10 heteroatoms. The molecule has 0 aliphatic heterocycles. The van der Waals surface area contributed by atoms with E-state index in [1.165, 1.54) is 0 Å². The molecule has 0 saturated heterocycles. The number of aliphatic hydroxyl groups is 1. The first-order valence-corrected chi connectivity index (χ1v) is 3.93. The van der Waals surface area contributed by atoms with Gasteiger partial charge in [-0.15, -0.1) is 0 Å². The minimum Gasteiger partial charge on any atom is -1.00 e.